The van der Waals surface area contributed by atoms with Gasteiger partial charge < -0.3 is 4.57 Å². The molecule has 3 rings (SSSR count). The van der Waals surface area contributed by atoms with Gasteiger partial charge in [-0.1, -0.05) is 53.9 Å². The van der Waals surface area contributed by atoms with E-state index in [0.29, 0.717) is 21.7 Å². The van der Waals surface area contributed by atoms with Crippen LogP contribution in [0.15, 0.2) is 23.4 Å². The Morgan fingerprint density at radius 3 is 2.50 bits per heavy atom. The molecule has 1 aliphatic carbocycles. The molecule has 0 unspecified atom stereocenters. The molecule has 0 N–H and O–H groups in total. The van der Waals surface area contributed by atoms with Crippen molar-refractivity contribution in [3.05, 3.63) is 39.6 Å². The van der Waals surface area contributed by atoms with Crippen LogP contribution < -0.4 is 0 Å². The molecule has 0 amide bonds. The highest BCUT2D eigenvalue weighted by atomic mass is 35.5. The molecule has 6 heteroatoms. The molecule has 0 bridgehead atoms. The van der Waals surface area contributed by atoms with Gasteiger partial charge in [-0.25, -0.2) is 0 Å². The Labute approximate surface area is 145 Å². The largest absolute Gasteiger partial charge is 0.306 e. The van der Waals surface area contributed by atoms with Crippen LogP contribution in [0.1, 0.15) is 49.9 Å². The van der Waals surface area contributed by atoms with Gasteiger partial charge in [0.25, 0.3) is 0 Å². The fourth-order valence-corrected chi connectivity index (χ4v) is 4.75. The van der Waals surface area contributed by atoms with Gasteiger partial charge in [0.15, 0.2) is 5.16 Å². The molecular formula is C16H19Cl2N3S. The Hall–Kier alpha value is -0.710. The lowest BCUT2D eigenvalue weighted by Crippen LogP contribution is -2.06. The lowest BCUT2D eigenvalue weighted by Gasteiger charge is -2.12. The second-order valence-electron chi connectivity index (χ2n) is 5.56. The van der Waals surface area contributed by atoms with Crippen LogP contribution in [-0.4, -0.2) is 14.8 Å². The maximum atomic E-state index is 6.24. The molecule has 0 aliphatic heterocycles. The summed E-state index contributed by atoms with van der Waals surface area (Å²) in [7, 11) is 0. The number of rotatable bonds is 5. The van der Waals surface area contributed by atoms with Gasteiger partial charge in [-0.2, -0.15) is 0 Å². The molecule has 0 atom stereocenters. The summed E-state index contributed by atoms with van der Waals surface area (Å²) in [6.45, 7) is 3.05. The quantitative estimate of drug-likeness (QED) is 0.658. The van der Waals surface area contributed by atoms with E-state index in [9.17, 15) is 0 Å². The summed E-state index contributed by atoms with van der Waals surface area (Å²) >= 11 is 14.1. The molecule has 0 saturated heterocycles. The van der Waals surface area contributed by atoms with Crippen LogP contribution in [0.2, 0.25) is 10.0 Å². The maximum Gasteiger partial charge on any atom is 0.191 e. The molecule has 1 aliphatic rings. The van der Waals surface area contributed by atoms with Crippen LogP contribution in [0.5, 0.6) is 0 Å². The number of aromatic nitrogens is 3. The second kappa shape index (κ2) is 7.24. The molecule has 1 fully saturated rings. The summed E-state index contributed by atoms with van der Waals surface area (Å²) in [6.07, 6.45) is 5.08. The molecule has 1 heterocycles. The van der Waals surface area contributed by atoms with Gasteiger partial charge in [0, 0.05) is 28.3 Å². The second-order valence-corrected chi connectivity index (χ2v) is 7.31. The summed E-state index contributed by atoms with van der Waals surface area (Å²) in [5.41, 5.74) is 0.962. The summed E-state index contributed by atoms with van der Waals surface area (Å²) in [6, 6.07) is 5.61. The van der Waals surface area contributed by atoms with Gasteiger partial charge in [0.1, 0.15) is 5.82 Å². The van der Waals surface area contributed by atoms with Gasteiger partial charge in [0.2, 0.25) is 0 Å². The smallest absolute Gasteiger partial charge is 0.191 e. The first kappa shape index (κ1) is 16.2. The van der Waals surface area contributed by atoms with Crippen LogP contribution in [0.4, 0.5) is 0 Å². The van der Waals surface area contributed by atoms with E-state index in [1.54, 1.807) is 11.8 Å². The zero-order chi connectivity index (χ0) is 15.5. The van der Waals surface area contributed by atoms with Crippen LogP contribution in [0.25, 0.3) is 0 Å². The first-order valence-corrected chi connectivity index (χ1v) is 9.43. The van der Waals surface area contributed by atoms with Crippen molar-refractivity contribution in [2.45, 2.75) is 56.0 Å². The Kier molecular flexibility index (Phi) is 5.32. The summed E-state index contributed by atoms with van der Waals surface area (Å²) in [5.74, 6) is 2.43. The number of thioether (sulfide) groups is 1. The Morgan fingerprint density at radius 1 is 1.18 bits per heavy atom. The van der Waals surface area contributed by atoms with Gasteiger partial charge in [-0.15, -0.1) is 10.2 Å². The summed E-state index contributed by atoms with van der Waals surface area (Å²) in [4.78, 5) is 0. The fraction of sp³-hybridized carbons (Fsp3) is 0.500. The van der Waals surface area contributed by atoms with E-state index in [0.717, 1.165) is 23.1 Å². The molecule has 1 saturated carbocycles. The van der Waals surface area contributed by atoms with Crippen molar-refractivity contribution in [1.29, 1.82) is 0 Å². The lowest BCUT2D eigenvalue weighted by molar-refractivity contribution is 0.576. The normalized spacial score (nSPS) is 15.6. The molecule has 3 nitrogen and oxygen atoms in total. The number of halogens is 2. The summed E-state index contributed by atoms with van der Waals surface area (Å²) in [5, 5.41) is 11.2. The number of hydrogen-bond donors (Lipinski definition) is 0. The van der Waals surface area contributed by atoms with Crippen LogP contribution in [-0.2, 0) is 12.3 Å². The van der Waals surface area contributed by atoms with Gasteiger partial charge in [0.05, 0.1) is 0 Å². The third-order valence-electron chi connectivity index (χ3n) is 4.19. The molecule has 0 spiro atoms. The van der Waals surface area contributed by atoms with Crippen molar-refractivity contribution in [3.63, 3.8) is 0 Å². The average Bonchev–Trinajstić information content (AvgIpc) is 3.15. The monoisotopic (exact) mass is 355 g/mol. The van der Waals surface area contributed by atoms with Crippen molar-refractivity contribution in [1.82, 2.24) is 14.8 Å². The minimum Gasteiger partial charge on any atom is -0.306 e. The zero-order valence-corrected chi connectivity index (χ0v) is 14.9. The van der Waals surface area contributed by atoms with E-state index in [1.165, 1.54) is 25.7 Å². The van der Waals surface area contributed by atoms with Crippen LogP contribution in [0, 0.1) is 0 Å². The first-order chi connectivity index (χ1) is 10.7. The molecule has 0 radical (unpaired) electrons. The van der Waals surface area contributed by atoms with Gasteiger partial charge in [-0.05, 0) is 37.5 Å². The third kappa shape index (κ3) is 3.29. The minimum absolute atomic E-state index is 0.575. The van der Waals surface area contributed by atoms with Crippen LogP contribution >= 0.6 is 35.0 Å². The highest BCUT2D eigenvalue weighted by molar-refractivity contribution is 7.98. The molecule has 22 heavy (non-hydrogen) atoms. The van der Waals surface area contributed by atoms with E-state index in [-0.39, 0.29) is 0 Å². The van der Waals surface area contributed by atoms with Gasteiger partial charge in [-0.3, -0.25) is 0 Å². The predicted molar refractivity (Wildman–Crippen MR) is 92.9 cm³/mol. The number of nitrogens with zero attached hydrogens (tertiary/aromatic N) is 3. The third-order valence-corrected chi connectivity index (χ3v) is 5.89. The predicted octanol–water partition coefficient (Wildman–Crippen LogP) is 5.55. The first-order valence-electron chi connectivity index (χ1n) is 7.69. The molecule has 118 valence electrons. The zero-order valence-electron chi connectivity index (χ0n) is 12.6. The highest BCUT2D eigenvalue weighted by Crippen LogP contribution is 2.36. The van der Waals surface area contributed by atoms with Crippen molar-refractivity contribution in [2.75, 3.05) is 0 Å². The Balaban J connectivity index is 1.78. The van der Waals surface area contributed by atoms with Crippen molar-refractivity contribution in [3.8, 4) is 0 Å². The van der Waals surface area contributed by atoms with E-state index < -0.39 is 0 Å². The lowest BCUT2D eigenvalue weighted by atomic mass is 10.1. The fourth-order valence-electron chi connectivity index (χ4n) is 3.00. The molecule has 2 aromatic rings. The topological polar surface area (TPSA) is 30.7 Å². The van der Waals surface area contributed by atoms with Crippen LogP contribution in [0.3, 0.4) is 0 Å². The molecule has 1 aromatic carbocycles. The minimum atomic E-state index is 0.575. The Morgan fingerprint density at radius 2 is 1.86 bits per heavy atom. The summed E-state index contributed by atoms with van der Waals surface area (Å²) < 4.78 is 2.24. The van der Waals surface area contributed by atoms with Crippen molar-refractivity contribution in [2.24, 2.45) is 0 Å². The molecule has 1 aromatic heterocycles. The number of hydrogen-bond acceptors (Lipinski definition) is 3. The molecular weight excluding hydrogens is 337 g/mol. The van der Waals surface area contributed by atoms with Crippen molar-refractivity contribution < 1.29 is 0 Å². The average molecular weight is 356 g/mol. The standard InChI is InChI=1S/C16H19Cl2N3S/c1-2-21-15(11-6-3-4-7-11)19-20-16(21)22-10-12-13(17)8-5-9-14(12)18/h5,8-9,11H,2-4,6-7,10H2,1H3. The van der Waals surface area contributed by atoms with E-state index in [4.69, 9.17) is 23.2 Å². The Bertz CT molecular complexity index is 631. The SMILES string of the molecule is CCn1c(SCc2c(Cl)cccc2Cl)nnc1C1CCCC1. The maximum absolute atomic E-state index is 6.24. The van der Waals surface area contributed by atoms with E-state index >= 15 is 0 Å². The van der Waals surface area contributed by atoms with Gasteiger partial charge >= 0.3 is 0 Å². The van der Waals surface area contributed by atoms with Crippen molar-refractivity contribution >= 4 is 35.0 Å². The highest BCUT2D eigenvalue weighted by Gasteiger charge is 2.24. The van der Waals surface area contributed by atoms with E-state index in [1.807, 2.05) is 18.2 Å². The van der Waals surface area contributed by atoms with E-state index in [2.05, 4.69) is 21.7 Å². The number of benzene rings is 1.